The van der Waals surface area contributed by atoms with Gasteiger partial charge in [-0.3, -0.25) is 19.3 Å². The van der Waals surface area contributed by atoms with E-state index in [4.69, 9.17) is 0 Å². The lowest BCUT2D eigenvalue weighted by Gasteiger charge is -2.30. The van der Waals surface area contributed by atoms with Gasteiger partial charge in [0.15, 0.2) is 0 Å². The Morgan fingerprint density at radius 1 is 1.20 bits per heavy atom. The second-order valence-electron chi connectivity index (χ2n) is 6.72. The van der Waals surface area contributed by atoms with Gasteiger partial charge in [0.25, 0.3) is 0 Å². The van der Waals surface area contributed by atoms with Gasteiger partial charge in [0, 0.05) is 30.7 Å². The van der Waals surface area contributed by atoms with Crippen molar-refractivity contribution >= 4 is 17.6 Å². The Balaban J connectivity index is 1.84. The fraction of sp³-hybridized carbons (Fsp3) is 0.812. The highest BCUT2D eigenvalue weighted by molar-refractivity contribution is 6.03. The summed E-state index contributed by atoms with van der Waals surface area (Å²) in [7, 11) is 0. The molecule has 1 aliphatic heterocycles. The summed E-state index contributed by atoms with van der Waals surface area (Å²) >= 11 is 0. The van der Waals surface area contributed by atoms with Crippen LogP contribution in [0.3, 0.4) is 0 Å². The number of amides is 2. The van der Waals surface area contributed by atoms with Crippen LogP contribution in [0.15, 0.2) is 0 Å². The lowest BCUT2D eigenvalue weighted by molar-refractivity contribution is -0.140. The number of imide groups is 1. The molecule has 0 radical (unpaired) electrons. The number of carbonyl (C=O) groups excluding carboxylic acids is 3. The molecule has 2 aliphatic rings. The van der Waals surface area contributed by atoms with Gasteiger partial charge in [0.1, 0.15) is 5.78 Å². The zero-order chi connectivity index (χ0) is 14.9. The van der Waals surface area contributed by atoms with Gasteiger partial charge in [-0.15, -0.1) is 0 Å². The number of hydrogen-bond donors (Lipinski definition) is 0. The molecule has 0 aromatic heterocycles. The Hall–Kier alpha value is -1.19. The van der Waals surface area contributed by atoms with Gasteiger partial charge in [0.2, 0.25) is 11.8 Å². The molecule has 1 saturated heterocycles. The topological polar surface area (TPSA) is 54.5 Å². The summed E-state index contributed by atoms with van der Waals surface area (Å²) in [5.74, 6) is 0.851. The van der Waals surface area contributed by atoms with Crippen molar-refractivity contribution in [3.63, 3.8) is 0 Å². The number of hydrogen-bond acceptors (Lipinski definition) is 3. The van der Waals surface area contributed by atoms with Crippen LogP contribution in [0.4, 0.5) is 0 Å². The van der Waals surface area contributed by atoms with Crippen molar-refractivity contribution in [1.82, 2.24) is 4.90 Å². The summed E-state index contributed by atoms with van der Waals surface area (Å²) in [5, 5.41) is 0. The van der Waals surface area contributed by atoms with E-state index in [1.807, 2.05) is 20.8 Å². The molecule has 2 amide bonds. The maximum Gasteiger partial charge on any atom is 0.232 e. The quantitative estimate of drug-likeness (QED) is 0.743. The zero-order valence-corrected chi connectivity index (χ0v) is 12.7. The van der Waals surface area contributed by atoms with E-state index in [0.717, 1.165) is 25.7 Å². The number of ketones is 1. The molecule has 0 bridgehead atoms. The molecule has 20 heavy (non-hydrogen) atoms. The van der Waals surface area contributed by atoms with Crippen LogP contribution < -0.4 is 0 Å². The minimum Gasteiger partial charge on any atom is -0.299 e. The highest BCUT2D eigenvalue weighted by Crippen LogP contribution is 2.32. The fourth-order valence-corrected chi connectivity index (χ4v) is 3.40. The second-order valence-corrected chi connectivity index (χ2v) is 6.72. The van der Waals surface area contributed by atoms with Crippen LogP contribution in [0.5, 0.6) is 0 Å². The first kappa shape index (κ1) is 15.2. The standard InChI is InChI=1S/C16H25NO3/c1-10(2)15(19)13-6-4-12(5-7-13)9-17-14(18)8-11(3)16(17)20/h10-13H,4-9H2,1-3H3. The van der Waals surface area contributed by atoms with Gasteiger partial charge in [-0.05, 0) is 31.6 Å². The SMILES string of the molecule is CC(C)C(=O)C1CCC(CN2C(=O)CC(C)C2=O)CC1. The third kappa shape index (κ3) is 3.10. The monoisotopic (exact) mass is 279 g/mol. The van der Waals surface area contributed by atoms with Gasteiger partial charge in [-0.25, -0.2) is 0 Å². The zero-order valence-electron chi connectivity index (χ0n) is 12.7. The van der Waals surface area contributed by atoms with Crippen molar-refractivity contribution in [1.29, 1.82) is 0 Å². The Bertz CT molecular complexity index is 408. The third-order valence-corrected chi connectivity index (χ3v) is 4.73. The van der Waals surface area contributed by atoms with E-state index in [2.05, 4.69) is 0 Å². The minimum absolute atomic E-state index is 0.0182. The van der Waals surface area contributed by atoms with Crippen molar-refractivity contribution in [2.24, 2.45) is 23.7 Å². The van der Waals surface area contributed by atoms with Crippen molar-refractivity contribution in [2.75, 3.05) is 6.54 Å². The smallest absolute Gasteiger partial charge is 0.232 e. The molecular formula is C16H25NO3. The molecule has 0 aromatic carbocycles. The van der Waals surface area contributed by atoms with Gasteiger partial charge < -0.3 is 0 Å². The number of likely N-dealkylation sites (tertiary alicyclic amines) is 1. The highest BCUT2D eigenvalue weighted by Gasteiger charge is 2.37. The summed E-state index contributed by atoms with van der Waals surface area (Å²) in [6.45, 7) is 6.29. The predicted molar refractivity (Wildman–Crippen MR) is 75.8 cm³/mol. The Morgan fingerprint density at radius 2 is 1.80 bits per heavy atom. The van der Waals surface area contributed by atoms with Crippen molar-refractivity contribution in [2.45, 2.75) is 52.9 Å². The minimum atomic E-state index is -0.152. The summed E-state index contributed by atoms with van der Waals surface area (Å²) in [4.78, 5) is 37.1. The first-order chi connectivity index (χ1) is 9.40. The van der Waals surface area contributed by atoms with Crippen LogP contribution in [0.1, 0.15) is 52.9 Å². The molecule has 4 heteroatoms. The molecule has 112 valence electrons. The van der Waals surface area contributed by atoms with Gasteiger partial charge in [-0.1, -0.05) is 20.8 Å². The van der Waals surface area contributed by atoms with E-state index in [9.17, 15) is 14.4 Å². The summed E-state index contributed by atoms with van der Waals surface area (Å²) in [6, 6.07) is 0. The Morgan fingerprint density at radius 3 is 2.25 bits per heavy atom. The maximum absolute atomic E-state index is 12.0. The molecular weight excluding hydrogens is 254 g/mol. The first-order valence-electron chi connectivity index (χ1n) is 7.78. The van der Waals surface area contributed by atoms with Crippen molar-refractivity contribution in [3.8, 4) is 0 Å². The number of Topliss-reactive ketones (excluding diaryl/α,β-unsaturated/α-hetero) is 1. The van der Waals surface area contributed by atoms with Crippen LogP contribution in [0.25, 0.3) is 0 Å². The predicted octanol–water partition coefficient (Wildman–Crippen LogP) is 2.41. The molecule has 0 spiro atoms. The molecule has 0 N–H and O–H groups in total. The highest BCUT2D eigenvalue weighted by atomic mass is 16.2. The average Bonchev–Trinajstić information content (AvgIpc) is 2.65. The van der Waals surface area contributed by atoms with Crippen LogP contribution >= 0.6 is 0 Å². The van der Waals surface area contributed by atoms with Crippen LogP contribution in [-0.2, 0) is 14.4 Å². The van der Waals surface area contributed by atoms with Gasteiger partial charge >= 0.3 is 0 Å². The van der Waals surface area contributed by atoms with Gasteiger partial charge in [0.05, 0.1) is 0 Å². The molecule has 1 unspecified atom stereocenters. The van der Waals surface area contributed by atoms with E-state index in [0.29, 0.717) is 24.7 Å². The molecule has 0 aromatic rings. The molecule has 1 heterocycles. The average molecular weight is 279 g/mol. The summed E-state index contributed by atoms with van der Waals surface area (Å²) in [5.41, 5.74) is 0. The number of carbonyl (C=O) groups is 3. The summed E-state index contributed by atoms with van der Waals surface area (Å²) in [6.07, 6.45) is 4.09. The van der Waals surface area contributed by atoms with Gasteiger partial charge in [-0.2, -0.15) is 0 Å². The lowest BCUT2D eigenvalue weighted by atomic mass is 9.77. The van der Waals surface area contributed by atoms with E-state index >= 15 is 0 Å². The fourth-order valence-electron chi connectivity index (χ4n) is 3.40. The van der Waals surface area contributed by atoms with Crippen LogP contribution in [0, 0.1) is 23.7 Å². The molecule has 2 fully saturated rings. The number of rotatable bonds is 4. The molecule has 4 nitrogen and oxygen atoms in total. The molecule has 1 saturated carbocycles. The molecule has 1 atom stereocenters. The van der Waals surface area contributed by atoms with Crippen molar-refractivity contribution < 1.29 is 14.4 Å². The molecule has 2 rings (SSSR count). The second kappa shape index (κ2) is 6.06. The third-order valence-electron chi connectivity index (χ3n) is 4.73. The van der Waals surface area contributed by atoms with Crippen LogP contribution in [0.2, 0.25) is 0 Å². The molecule has 1 aliphatic carbocycles. The van der Waals surface area contributed by atoms with E-state index in [1.54, 1.807) is 0 Å². The van der Waals surface area contributed by atoms with E-state index in [1.165, 1.54) is 4.90 Å². The van der Waals surface area contributed by atoms with Crippen molar-refractivity contribution in [3.05, 3.63) is 0 Å². The Labute approximate surface area is 120 Å². The van der Waals surface area contributed by atoms with Crippen LogP contribution in [-0.4, -0.2) is 29.0 Å². The van der Waals surface area contributed by atoms with E-state index in [-0.39, 0.29) is 29.6 Å². The first-order valence-corrected chi connectivity index (χ1v) is 7.78. The maximum atomic E-state index is 12.0. The largest absolute Gasteiger partial charge is 0.299 e. The lowest BCUT2D eigenvalue weighted by Crippen LogP contribution is -2.37. The Kier molecular flexibility index (Phi) is 4.61. The summed E-state index contributed by atoms with van der Waals surface area (Å²) < 4.78 is 0. The van der Waals surface area contributed by atoms with E-state index < -0.39 is 0 Å². The number of nitrogens with zero attached hydrogens (tertiary/aromatic N) is 1. The normalized spacial score (nSPS) is 31.2.